The van der Waals surface area contributed by atoms with Gasteiger partial charge in [0, 0.05) is 48.1 Å². The van der Waals surface area contributed by atoms with Crippen LogP contribution in [-0.2, 0) is 11.0 Å². The molecule has 0 atom stereocenters. The molecule has 8 rings (SSSR count). The van der Waals surface area contributed by atoms with Crippen LogP contribution in [0.15, 0.2) is 67.0 Å². The van der Waals surface area contributed by atoms with E-state index in [1.807, 2.05) is 24.4 Å². The highest BCUT2D eigenvalue weighted by atomic mass is 32.1. The molecule has 2 N–H and O–H groups in total. The minimum absolute atomic E-state index is 0.254. The zero-order chi connectivity index (χ0) is 36.7. The molecular formula is C39H38F3N7O3S. The van der Waals surface area contributed by atoms with E-state index in [4.69, 9.17) is 4.98 Å². The number of urea groups is 1. The van der Waals surface area contributed by atoms with Gasteiger partial charge in [-0.05, 0) is 99.3 Å². The zero-order valence-corrected chi connectivity index (χ0v) is 29.7. The van der Waals surface area contributed by atoms with Crippen molar-refractivity contribution in [3.63, 3.8) is 0 Å². The molecule has 3 aliphatic rings. The number of halogens is 3. The fourth-order valence-corrected chi connectivity index (χ4v) is 9.24. The molecule has 0 unspecified atom stereocenters. The van der Waals surface area contributed by atoms with Gasteiger partial charge in [0.2, 0.25) is 5.91 Å². The third-order valence-electron chi connectivity index (χ3n) is 10.8. The normalized spacial score (nSPS) is 20.5. The molecule has 10 nitrogen and oxygen atoms in total. The van der Waals surface area contributed by atoms with Crippen molar-refractivity contribution in [2.24, 2.45) is 5.92 Å². The van der Waals surface area contributed by atoms with E-state index < -0.39 is 23.8 Å². The fraction of sp³-hybridized carbons (Fsp3) is 0.385. The molecule has 0 radical (unpaired) electrons. The van der Waals surface area contributed by atoms with Gasteiger partial charge in [-0.1, -0.05) is 24.3 Å². The van der Waals surface area contributed by atoms with Crippen molar-refractivity contribution in [3.05, 3.63) is 88.9 Å². The molecule has 2 aliphatic heterocycles. The summed E-state index contributed by atoms with van der Waals surface area (Å²) in [6.07, 6.45) is 5.78. The number of pyridine rings is 2. The van der Waals surface area contributed by atoms with E-state index in [-0.39, 0.29) is 18.0 Å². The number of hydrogen-bond acceptors (Lipinski definition) is 8. The maximum atomic E-state index is 13.1. The standard InChI is InChI=1S/C39H38F3N7O3S/c40-39(41,42)34-6-2-5-31(45-34)36(51)44-26-11-12-30-33(19-26)53-37(46-30)25-9-7-23(8-10-25)22-48-16-13-24(14-17-48)27-3-1-4-28-29(27)20-43-21-32(28)49-18-15-35(50)47-38(49)52/h1-6,11-12,19-21,23-25H,7-10,13-18,22H2,(H,44,51)(H,47,50,52). The van der Waals surface area contributed by atoms with Gasteiger partial charge in [-0.2, -0.15) is 13.2 Å². The smallest absolute Gasteiger partial charge is 0.321 e. The second kappa shape index (κ2) is 14.5. The summed E-state index contributed by atoms with van der Waals surface area (Å²) < 4.78 is 40.1. The Balaban J connectivity index is 0.845. The maximum absolute atomic E-state index is 13.1. The number of benzene rings is 2. The Kier molecular flexibility index (Phi) is 9.58. The average molecular weight is 742 g/mol. The number of nitrogens with zero attached hydrogens (tertiary/aromatic N) is 5. The lowest BCUT2D eigenvalue weighted by Crippen LogP contribution is -2.49. The summed E-state index contributed by atoms with van der Waals surface area (Å²) in [5.41, 5.74) is 1.92. The van der Waals surface area contributed by atoms with Gasteiger partial charge in [-0.15, -0.1) is 11.3 Å². The highest BCUT2D eigenvalue weighted by molar-refractivity contribution is 7.18. The second-order valence-electron chi connectivity index (χ2n) is 14.2. The lowest BCUT2D eigenvalue weighted by atomic mass is 9.81. The van der Waals surface area contributed by atoms with Crippen molar-refractivity contribution in [3.8, 4) is 0 Å². The second-order valence-corrected chi connectivity index (χ2v) is 15.3. The van der Waals surface area contributed by atoms with Crippen LogP contribution in [0.4, 0.5) is 29.3 Å². The van der Waals surface area contributed by atoms with E-state index in [0.29, 0.717) is 30.0 Å². The Bertz CT molecular complexity index is 2190. The van der Waals surface area contributed by atoms with Gasteiger partial charge in [0.15, 0.2) is 0 Å². The largest absolute Gasteiger partial charge is 0.433 e. The van der Waals surface area contributed by atoms with Gasteiger partial charge in [0.25, 0.3) is 5.91 Å². The van der Waals surface area contributed by atoms with E-state index in [2.05, 4.69) is 37.6 Å². The lowest BCUT2D eigenvalue weighted by molar-refractivity contribution is -0.141. The predicted octanol–water partition coefficient (Wildman–Crippen LogP) is 8.11. The van der Waals surface area contributed by atoms with E-state index >= 15 is 0 Å². The topological polar surface area (TPSA) is 120 Å². The first kappa shape index (κ1) is 35.1. The summed E-state index contributed by atoms with van der Waals surface area (Å²) in [6, 6.07) is 14.5. The van der Waals surface area contributed by atoms with Crippen molar-refractivity contribution in [2.45, 2.75) is 63.0 Å². The number of anilines is 2. The molecule has 3 fully saturated rings. The first-order chi connectivity index (χ1) is 25.6. The lowest BCUT2D eigenvalue weighted by Gasteiger charge is -2.37. The number of thiazole rings is 1. The van der Waals surface area contributed by atoms with Gasteiger partial charge in [-0.25, -0.2) is 14.8 Å². The number of aromatic nitrogens is 3. The van der Waals surface area contributed by atoms with Gasteiger partial charge in [-0.3, -0.25) is 24.8 Å². The molecule has 4 amide bonds. The molecule has 0 spiro atoms. The number of amides is 4. The van der Waals surface area contributed by atoms with Gasteiger partial charge >= 0.3 is 12.2 Å². The van der Waals surface area contributed by atoms with Gasteiger partial charge in [0.05, 0.1) is 27.1 Å². The van der Waals surface area contributed by atoms with Crippen molar-refractivity contribution in [2.75, 3.05) is 36.4 Å². The third-order valence-corrected chi connectivity index (χ3v) is 12.0. The zero-order valence-electron chi connectivity index (χ0n) is 28.9. The number of rotatable bonds is 7. The minimum Gasteiger partial charge on any atom is -0.321 e. The van der Waals surface area contributed by atoms with Crippen LogP contribution in [0.25, 0.3) is 21.0 Å². The van der Waals surface area contributed by atoms with Crippen LogP contribution in [0.5, 0.6) is 0 Å². The third kappa shape index (κ3) is 7.47. The molecule has 2 aromatic carbocycles. The van der Waals surface area contributed by atoms with Crippen molar-refractivity contribution in [1.29, 1.82) is 0 Å². The monoisotopic (exact) mass is 741 g/mol. The first-order valence-electron chi connectivity index (χ1n) is 18.1. The molecule has 3 aromatic heterocycles. The summed E-state index contributed by atoms with van der Waals surface area (Å²) in [5, 5.41) is 8.23. The van der Waals surface area contributed by atoms with E-state index in [1.165, 1.54) is 17.7 Å². The Morgan fingerprint density at radius 3 is 2.45 bits per heavy atom. The summed E-state index contributed by atoms with van der Waals surface area (Å²) >= 11 is 1.61. The number of fused-ring (bicyclic) bond motifs is 2. The molecule has 5 heterocycles. The van der Waals surface area contributed by atoms with Crippen molar-refractivity contribution >= 4 is 61.5 Å². The fourth-order valence-electron chi connectivity index (χ4n) is 8.06. The number of alkyl halides is 3. The molecule has 14 heteroatoms. The highest BCUT2D eigenvalue weighted by Crippen LogP contribution is 2.41. The Morgan fingerprint density at radius 2 is 1.68 bits per heavy atom. The number of likely N-dealkylation sites (tertiary alicyclic amines) is 1. The number of hydrogen-bond donors (Lipinski definition) is 2. The Hall–Kier alpha value is -4.95. The molecule has 53 heavy (non-hydrogen) atoms. The Labute approximate surface area is 307 Å². The van der Waals surface area contributed by atoms with Crippen LogP contribution in [0.1, 0.15) is 83.5 Å². The van der Waals surface area contributed by atoms with Crippen LogP contribution in [0.2, 0.25) is 0 Å². The number of imide groups is 1. The van der Waals surface area contributed by atoms with Crippen LogP contribution >= 0.6 is 11.3 Å². The molecule has 1 aliphatic carbocycles. The van der Waals surface area contributed by atoms with Crippen molar-refractivity contribution in [1.82, 2.24) is 25.2 Å². The molecule has 274 valence electrons. The maximum Gasteiger partial charge on any atom is 0.433 e. The molecule has 2 saturated heterocycles. The highest BCUT2D eigenvalue weighted by Gasteiger charge is 2.33. The van der Waals surface area contributed by atoms with Gasteiger partial charge < -0.3 is 10.2 Å². The first-order valence-corrected chi connectivity index (χ1v) is 18.9. The molecular weight excluding hydrogens is 704 g/mol. The average Bonchev–Trinajstić information content (AvgIpc) is 3.58. The summed E-state index contributed by atoms with van der Waals surface area (Å²) in [5.74, 6) is 0.464. The van der Waals surface area contributed by atoms with Crippen LogP contribution in [0, 0.1) is 5.92 Å². The Morgan fingerprint density at radius 1 is 0.887 bits per heavy atom. The summed E-state index contributed by atoms with van der Waals surface area (Å²) in [7, 11) is 0. The van der Waals surface area contributed by atoms with E-state index in [0.717, 1.165) is 95.9 Å². The van der Waals surface area contributed by atoms with Crippen LogP contribution < -0.4 is 15.5 Å². The molecule has 1 saturated carbocycles. The number of piperidine rings is 1. The summed E-state index contributed by atoms with van der Waals surface area (Å²) in [6.45, 7) is 3.50. The van der Waals surface area contributed by atoms with Gasteiger partial charge in [0.1, 0.15) is 11.4 Å². The van der Waals surface area contributed by atoms with E-state index in [9.17, 15) is 27.6 Å². The quantitative estimate of drug-likeness (QED) is 0.173. The predicted molar refractivity (Wildman–Crippen MR) is 197 cm³/mol. The molecule has 5 aromatic rings. The minimum atomic E-state index is -4.63. The number of carbonyl (C=O) groups is 3. The van der Waals surface area contributed by atoms with E-state index in [1.54, 1.807) is 28.5 Å². The van der Waals surface area contributed by atoms with Crippen molar-refractivity contribution < 1.29 is 27.6 Å². The van der Waals surface area contributed by atoms with Crippen LogP contribution in [0.3, 0.4) is 0 Å². The van der Waals surface area contributed by atoms with Crippen LogP contribution in [-0.4, -0.2) is 63.9 Å². The molecule has 0 bridgehead atoms. The SMILES string of the molecule is O=C1CCN(c2cncc3c(C4CCN(CC5CCC(c6nc7ccc(NC(=O)c8cccc(C(F)(F)F)n8)cc7s6)CC5)CC4)cccc23)C(=O)N1. The number of nitrogens with one attached hydrogen (secondary N) is 2. The summed E-state index contributed by atoms with van der Waals surface area (Å²) in [4.78, 5) is 54.1. The number of carbonyl (C=O) groups excluding carboxylic acids is 3.